The third-order valence-corrected chi connectivity index (χ3v) is 5.62. The number of hydrogen-bond acceptors (Lipinski definition) is 6. The van der Waals surface area contributed by atoms with Crippen LogP contribution in [-0.2, 0) is 14.6 Å². The fourth-order valence-electron chi connectivity index (χ4n) is 2.44. The maximum atomic E-state index is 12.2. The number of benzene rings is 1. The van der Waals surface area contributed by atoms with Gasteiger partial charge in [-0.3, -0.25) is 4.79 Å². The first-order valence-electron chi connectivity index (χ1n) is 7.41. The molecule has 0 radical (unpaired) electrons. The quantitative estimate of drug-likeness (QED) is 0.586. The minimum atomic E-state index is -3.07. The molecule has 1 atom stereocenters. The second-order valence-electron chi connectivity index (χ2n) is 5.71. The Morgan fingerprint density at radius 3 is 2.48 bits per heavy atom. The van der Waals surface area contributed by atoms with E-state index in [4.69, 9.17) is 5.11 Å². The number of carboxylic acid groups (broad SMARTS) is 1. The number of nitrogens with one attached hydrogen (secondary N) is 1. The van der Waals surface area contributed by atoms with Crippen molar-refractivity contribution >= 4 is 27.4 Å². The van der Waals surface area contributed by atoms with Gasteiger partial charge >= 0.3 is 5.97 Å². The molecule has 1 aromatic rings. The molecule has 1 aliphatic rings. The average molecular weight is 363 g/mol. The number of carboxylic acids is 1. The van der Waals surface area contributed by atoms with Gasteiger partial charge in [0.05, 0.1) is 17.1 Å². The summed E-state index contributed by atoms with van der Waals surface area (Å²) in [7, 11) is -1.44. The van der Waals surface area contributed by atoms with Crippen LogP contribution in [0.25, 0.3) is 0 Å². The van der Waals surface area contributed by atoms with Gasteiger partial charge < -0.3 is 15.3 Å². The van der Waals surface area contributed by atoms with Gasteiger partial charge in [0.2, 0.25) is 0 Å². The van der Waals surface area contributed by atoms with Gasteiger partial charge in [0.15, 0.2) is 9.84 Å². The summed E-state index contributed by atoms with van der Waals surface area (Å²) in [6, 6.07) is 7.04. The van der Waals surface area contributed by atoms with E-state index in [1.54, 1.807) is 18.0 Å². The standard InChI is InChI=1S/C16H17N3O5S/c1-19(14-6-7-25(23,24)10-14)9-12(8-17)15(20)18-13-4-2-11(3-5-13)16(21)22/h2-5,9,14H,6-7,10H2,1H3,(H,18,20)(H,21,22)/b12-9-. The van der Waals surface area contributed by atoms with Crippen molar-refractivity contribution in [1.82, 2.24) is 4.90 Å². The third-order valence-electron chi connectivity index (χ3n) is 3.87. The van der Waals surface area contributed by atoms with Crippen LogP contribution < -0.4 is 5.32 Å². The fourth-order valence-corrected chi connectivity index (χ4v) is 4.22. The number of amides is 1. The summed E-state index contributed by atoms with van der Waals surface area (Å²) in [6.45, 7) is 0. The normalized spacial score (nSPS) is 19.0. The molecule has 1 heterocycles. The topological polar surface area (TPSA) is 128 Å². The number of sulfone groups is 1. The Balaban J connectivity index is 2.07. The van der Waals surface area contributed by atoms with Gasteiger partial charge in [0, 0.05) is 25.0 Å². The lowest BCUT2D eigenvalue weighted by molar-refractivity contribution is -0.112. The SMILES string of the molecule is CN(/C=C(/C#N)C(=O)Nc1ccc(C(=O)O)cc1)C1CCS(=O)(=O)C1. The largest absolute Gasteiger partial charge is 0.478 e. The van der Waals surface area contributed by atoms with Crippen molar-refractivity contribution in [1.29, 1.82) is 5.26 Å². The maximum Gasteiger partial charge on any atom is 0.335 e. The molecule has 132 valence electrons. The van der Waals surface area contributed by atoms with Crippen molar-refractivity contribution in [2.24, 2.45) is 0 Å². The number of nitrogens with zero attached hydrogens (tertiary/aromatic N) is 2. The molecule has 0 saturated carbocycles. The van der Waals surface area contributed by atoms with E-state index in [9.17, 15) is 23.3 Å². The van der Waals surface area contributed by atoms with Crippen LogP contribution in [0.5, 0.6) is 0 Å². The molecule has 2 N–H and O–H groups in total. The Morgan fingerprint density at radius 1 is 1.36 bits per heavy atom. The predicted molar refractivity (Wildman–Crippen MR) is 90.5 cm³/mol. The van der Waals surface area contributed by atoms with Gasteiger partial charge in [-0.1, -0.05) is 0 Å². The van der Waals surface area contributed by atoms with Crippen molar-refractivity contribution in [3.63, 3.8) is 0 Å². The number of carbonyl (C=O) groups is 2. The monoisotopic (exact) mass is 363 g/mol. The van der Waals surface area contributed by atoms with Crippen molar-refractivity contribution in [2.45, 2.75) is 12.5 Å². The van der Waals surface area contributed by atoms with Gasteiger partial charge in [0.1, 0.15) is 11.6 Å². The number of carbonyl (C=O) groups excluding carboxylic acids is 1. The highest BCUT2D eigenvalue weighted by molar-refractivity contribution is 7.91. The van der Waals surface area contributed by atoms with E-state index in [1.165, 1.54) is 30.5 Å². The molecule has 0 aliphatic carbocycles. The molecule has 9 heteroatoms. The molecule has 1 saturated heterocycles. The minimum absolute atomic E-state index is 0.00300. The molecule has 2 rings (SSSR count). The number of hydrogen-bond donors (Lipinski definition) is 2. The summed E-state index contributed by atoms with van der Waals surface area (Å²) in [5.41, 5.74) is 0.257. The number of rotatable bonds is 5. The molecule has 0 bridgehead atoms. The molecule has 0 spiro atoms. The third kappa shape index (κ3) is 4.81. The highest BCUT2D eigenvalue weighted by atomic mass is 32.2. The zero-order chi connectivity index (χ0) is 18.6. The second kappa shape index (κ2) is 7.36. The van der Waals surface area contributed by atoms with Crippen LogP contribution in [0.4, 0.5) is 5.69 Å². The zero-order valence-electron chi connectivity index (χ0n) is 13.5. The Morgan fingerprint density at radius 2 is 2.00 bits per heavy atom. The van der Waals surface area contributed by atoms with Gasteiger partial charge in [0.25, 0.3) is 5.91 Å². The number of nitriles is 1. The molecule has 8 nitrogen and oxygen atoms in total. The predicted octanol–water partition coefficient (Wildman–Crippen LogP) is 0.850. The smallest absolute Gasteiger partial charge is 0.335 e. The van der Waals surface area contributed by atoms with E-state index in [-0.39, 0.29) is 28.7 Å². The van der Waals surface area contributed by atoms with E-state index in [1.807, 2.05) is 0 Å². The summed E-state index contributed by atoms with van der Waals surface area (Å²) < 4.78 is 23.0. The van der Waals surface area contributed by atoms with Crippen molar-refractivity contribution in [2.75, 3.05) is 23.9 Å². The van der Waals surface area contributed by atoms with Crippen molar-refractivity contribution in [3.8, 4) is 6.07 Å². The highest BCUT2D eigenvalue weighted by Crippen LogP contribution is 2.18. The summed E-state index contributed by atoms with van der Waals surface area (Å²) in [5, 5.41) is 20.5. The van der Waals surface area contributed by atoms with E-state index in [0.717, 1.165) is 0 Å². The van der Waals surface area contributed by atoms with Crippen LogP contribution in [-0.4, -0.2) is 54.9 Å². The van der Waals surface area contributed by atoms with Crippen LogP contribution in [0.15, 0.2) is 36.0 Å². The summed E-state index contributed by atoms with van der Waals surface area (Å²) in [5.74, 6) is -1.64. The van der Waals surface area contributed by atoms with Crippen LogP contribution in [0.2, 0.25) is 0 Å². The highest BCUT2D eigenvalue weighted by Gasteiger charge is 2.30. The van der Waals surface area contributed by atoms with E-state index in [2.05, 4.69) is 5.32 Å². The van der Waals surface area contributed by atoms with Crippen LogP contribution in [0.3, 0.4) is 0 Å². The minimum Gasteiger partial charge on any atom is -0.478 e. The first-order chi connectivity index (χ1) is 11.7. The molecule has 1 amide bonds. The second-order valence-corrected chi connectivity index (χ2v) is 7.94. The Kier molecular flexibility index (Phi) is 5.44. The molecule has 1 unspecified atom stereocenters. The Bertz CT molecular complexity index is 853. The van der Waals surface area contributed by atoms with Crippen LogP contribution in [0, 0.1) is 11.3 Å². The maximum absolute atomic E-state index is 12.2. The zero-order valence-corrected chi connectivity index (χ0v) is 14.3. The average Bonchev–Trinajstić information content (AvgIpc) is 2.92. The molecular formula is C16H17N3O5S. The first kappa shape index (κ1) is 18.5. The van der Waals surface area contributed by atoms with Crippen molar-refractivity contribution in [3.05, 3.63) is 41.6 Å². The van der Waals surface area contributed by atoms with E-state index < -0.39 is 21.7 Å². The fraction of sp³-hybridized carbons (Fsp3) is 0.312. The summed E-state index contributed by atoms with van der Waals surface area (Å²) in [4.78, 5) is 24.5. The van der Waals surface area contributed by atoms with E-state index >= 15 is 0 Å². The first-order valence-corrected chi connectivity index (χ1v) is 9.23. The Hall–Kier alpha value is -2.86. The van der Waals surface area contributed by atoms with Gasteiger partial charge in [-0.15, -0.1) is 0 Å². The van der Waals surface area contributed by atoms with Crippen LogP contribution in [0.1, 0.15) is 16.8 Å². The van der Waals surface area contributed by atoms with Gasteiger partial charge in [-0.05, 0) is 30.7 Å². The summed E-state index contributed by atoms with van der Waals surface area (Å²) >= 11 is 0. The lowest BCUT2D eigenvalue weighted by Gasteiger charge is -2.21. The lowest BCUT2D eigenvalue weighted by atomic mass is 10.2. The number of aromatic carboxylic acids is 1. The Labute approximate surface area is 145 Å². The molecule has 1 fully saturated rings. The van der Waals surface area contributed by atoms with E-state index in [0.29, 0.717) is 12.1 Å². The molecule has 1 aromatic carbocycles. The summed E-state index contributed by atoms with van der Waals surface area (Å²) in [6.07, 6.45) is 1.78. The van der Waals surface area contributed by atoms with Crippen molar-refractivity contribution < 1.29 is 23.1 Å². The number of anilines is 1. The lowest BCUT2D eigenvalue weighted by Crippen LogP contribution is -2.29. The molecule has 25 heavy (non-hydrogen) atoms. The van der Waals surface area contributed by atoms with Crippen LogP contribution >= 0.6 is 0 Å². The van der Waals surface area contributed by atoms with Gasteiger partial charge in [-0.25, -0.2) is 13.2 Å². The van der Waals surface area contributed by atoms with Gasteiger partial charge in [-0.2, -0.15) is 5.26 Å². The molecule has 1 aliphatic heterocycles. The molecule has 0 aromatic heterocycles. The molecular weight excluding hydrogens is 346 g/mol.